The smallest absolute Gasteiger partial charge is 0.122 e. The quantitative estimate of drug-likeness (QED) is 0.923. The first kappa shape index (κ1) is 13.5. The first-order chi connectivity index (χ1) is 10.2. The second-order valence-corrected chi connectivity index (χ2v) is 5.44. The molecular formula is C18H18N2O. The molecule has 1 heterocycles. The molecule has 3 nitrogen and oxygen atoms in total. The number of hydrogen-bond acceptors (Lipinski definition) is 3. The van der Waals surface area contributed by atoms with E-state index in [1.807, 2.05) is 31.2 Å². The number of benzene rings is 2. The van der Waals surface area contributed by atoms with Crippen molar-refractivity contribution in [2.45, 2.75) is 26.3 Å². The minimum absolute atomic E-state index is 0.143. The molecule has 2 aromatic carbocycles. The molecule has 2 aromatic rings. The van der Waals surface area contributed by atoms with Crippen molar-refractivity contribution >= 4 is 5.69 Å². The normalized spacial score (nSPS) is 14.0. The lowest BCUT2D eigenvalue weighted by Gasteiger charge is -2.18. The zero-order valence-corrected chi connectivity index (χ0v) is 12.3. The third kappa shape index (κ3) is 2.57. The van der Waals surface area contributed by atoms with Crippen molar-refractivity contribution in [3.63, 3.8) is 0 Å². The van der Waals surface area contributed by atoms with Gasteiger partial charge in [0.15, 0.2) is 0 Å². The minimum Gasteiger partial charge on any atom is -0.493 e. The first-order valence-corrected chi connectivity index (χ1v) is 7.21. The van der Waals surface area contributed by atoms with Gasteiger partial charge in [0.1, 0.15) is 11.8 Å². The summed E-state index contributed by atoms with van der Waals surface area (Å²) in [5.41, 5.74) is 5.09. The third-order valence-corrected chi connectivity index (χ3v) is 3.97. The molecule has 106 valence electrons. The summed E-state index contributed by atoms with van der Waals surface area (Å²) < 4.78 is 5.54. The van der Waals surface area contributed by atoms with Crippen LogP contribution in [0.25, 0.3) is 0 Å². The van der Waals surface area contributed by atoms with Gasteiger partial charge in [0, 0.05) is 12.5 Å². The number of fused-ring (bicyclic) bond motifs is 1. The largest absolute Gasteiger partial charge is 0.493 e. The van der Waals surface area contributed by atoms with Gasteiger partial charge in [-0.25, -0.2) is 0 Å². The van der Waals surface area contributed by atoms with Crippen molar-refractivity contribution in [2.75, 3.05) is 11.9 Å². The van der Waals surface area contributed by atoms with Crippen LogP contribution in [0.4, 0.5) is 5.69 Å². The van der Waals surface area contributed by atoms with E-state index >= 15 is 0 Å². The number of hydrogen-bond donors (Lipinski definition) is 1. The van der Waals surface area contributed by atoms with Gasteiger partial charge >= 0.3 is 0 Å². The van der Waals surface area contributed by atoms with E-state index in [2.05, 4.69) is 30.4 Å². The molecule has 1 atom stereocenters. The number of rotatable bonds is 3. The number of nitriles is 1. The standard InChI is InChI=1S/C18H18N2O/c1-12-4-3-5-17(16(12)11-19)20-13(2)14-6-7-18-15(10-14)8-9-21-18/h3-7,10,13,20H,8-9H2,1-2H3. The summed E-state index contributed by atoms with van der Waals surface area (Å²) in [5.74, 6) is 0.999. The highest BCUT2D eigenvalue weighted by molar-refractivity contribution is 5.61. The second-order valence-electron chi connectivity index (χ2n) is 5.44. The van der Waals surface area contributed by atoms with Crippen LogP contribution in [-0.2, 0) is 6.42 Å². The Balaban J connectivity index is 1.86. The van der Waals surface area contributed by atoms with E-state index in [9.17, 15) is 5.26 Å². The monoisotopic (exact) mass is 278 g/mol. The lowest BCUT2D eigenvalue weighted by atomic mass is 10.0. The number of ether oxygens (including phenoxy) is 1. The van der Waals surface area contributed by atoms with Gasteiger partial charge in [-0.2, -0.15) is 5.26 Å². The molecule has 0 saturated heterocycles. The molecule has 0 aromatic heterocycles. The third-order valence-electron chi connectivity index (χ3n) is 3.97. The number of nitrogens with zero attached hydrogens (tertiary/aromatic N) is 1. The van der Waals surface area contributed by atoms with Crippen molar-refractivity contribution in [1.29, 1.82) is 5.26 Å². The summed E-state index contributed by atoms with van der Waals surface area (Å²) in [5, 5.41) is 12.7. The van der Waals surface area contributed by atoms with E-state index in [4.69, 9.17) is 4.74 Å². The predicted molar refractivity (Wildman–Crippen MR) is 83.6 cm³/mol. The summed E-state index contributed by atoms with van der Waals surface area (Å²) in [6.45, 7) is 4.85. The van der Waals surface area contributed by atoms with Crippen LogP contribution in [-0.4, -0.2) is 6.61 Å². The van der Waals surface area contributed by atoms with E-state index < -0.39 is 0 Å². The molecule has 0 spiro atoms. The highest BCUT2D eigenvalue weighted by Crippen LogP contribution is 2.30. The Hall–Kier alpha value is -2.47. The van der Waals surface area contributed by atoms with Gasteiger partial charge in [-0.05, 0) is 48.7 Å². The molecule has 0 aliphatic carbocycles. The lowest BCUT2D eigenvalue weighted by molar-refractivity contribution is 0.357. The highest BCUT2D eigenvalue weighted by atomic mass is 16.5. The lowest BCUT2D eigenvalue weighted by Crippen LogP contribution is -2.08. The minimum atomic E-state index is 0.143. The molecule has 1 aliphatic rings. The van der Waals surface area contributed by atoms with Crippen LogP contribution in [0.15, 0.2) is 36.4 Å². The fourth-order valence-electron chi connectivity index (χ4n) is 2.73. The number of aryl methyl sites for hydroxylation is 1. The SMILES string of the molecule is Cc1cccc(NC(C)c2ccc3c(c2)CCO3)c1C#N. The topological polar surface area (TPSA) is 45.0 Å². The fourth-order valence-corrected chi connectivity index (χ4v) is 2.73. The summed E-state index contributed by atoms with van der Waals surface area (Å²) in [4.78, 5) is 0. The van der Waals surface area contributed by atoms with Gasteiger partial charge in [0.2, 0.25) is 0 Å². The van der Waals surface area contributed by atoms with Gasteiger partial charge < -0.3 is 10.1 Å². The van der Waals surface area contributed by atoms with Crippen LogP contribution >= 0.6 is 0 Å². The van der Waals surface area contributed by atoms with Crippen molar-refractivity contribution in [1.82, 2.24) is 0 Å². The zero-order valence-electron chi connectivity index (χ0n) is 12.3. The summed E-state index contributed by atoms with van der Waals surface area (Å²) in [6.07, 6.45) is 0.976. The molecular weight excluding hydrogens is 260 g/mol. The van der Waals surface area contributed by atoms with E-state index in [0.29, 0.717) is 5.56 Å². The van der Waals surface area contributed by atoms with E-state index in [0.717, 1.165) is 30.0 Å². The van der Waals surface area contributed by atoms with Gasteiger partial charge in [-0.3, -0.25) is 0 Å². The fraction of sp³-hybridized carbons (Fsp3) is 0.278. The molecule has 0 bridgehead atoms. The van der Waals surface area contributed by atoms with Crippen LogP contribution in [0.5, 0.6) is 5.75 Å². The maximum atomic E-state index is 9.30. The van der Waals surface area contributed by atoms with Crippen molar-refractivity contribution in [3.05, 3.63) is 58.7 Å². The number of anilines is 1. The van der Waals surface area contributed by atoms with Gasteiger partial charge in [-0.1, -0.05) is 18.2 Å². The molecule has 3 rings (SSSR count). The molecule has 0 fully saturated rings. The Bertz CT molecular complexity index is 716. The highest BCUT2D eigenvalue weighted by Gasteiger charge is 2.15. The first-order valence-electron chi connectivity index (χ1n) is 7.21. The van der Waals surface area contributed by atoms with Gasteiger partial charge in [0.25, 0.3) is 0 Å². The summed E-state index contributed by atoms with van der Waals surface area (Å²) in [6, 6.07) is 14.6. The Labute approximate surface area is 125 Å². The maximum absolute atomic E-state index is 9.30. The Morgan fingerprint density at radius 1 is 1.29 bits per heavy atom. The van der Waals surface area contributed by atoms with Crippen LogP contribution in [0.3, 0.4) is 0 Å². The summed E-state index contributed by atoms with van der Waals surface area (Å²) >= 11 is 0. The van der Waals surface area contributed by atoms with E-state index in [1.165, 1.54) is 11.1 Å². The van der Waals surface area contributed by atoms with Crippen molar-refractivity contribution in [2.24, 2.45) is 0 Å². The maximum Gasteiger partial charge on any atom is 0.122 e. The van der Waals surface area contributed by atoms with Crippen LogP contribution in [0, 0.1) is 18.3 Å². The molecule has 21 heavy (non-hydrogen) atoms. The molecule has 1 unspecified atom stereocenters. The molecule has 0 saturated carbocycles. The molecule has 1 N–H and O–H groups in total. The van der Waals surface area contributed by atoms with Gasteiger partial charge in [-0.15, -0.1) is 0 Å². The summed E-state index contributed by atoms with van der Waals surface area (Å²) in [7, 11) is 0. The van der Waals surface area contributed by atoms with Crippen LogP contribution in [0.2, 0.25) is 0 Å². The number of nitrogens with one attached hydrogen (secondary N) is 1. The van der Waals surface area contributed by atoms with Crippen LogP contribution < -0.4 is 10.1 Å². The van der Waals surface area contributed by atoms with Gasteiger partial charge in [0.05, 0.1) is 17.9 Å². The Kier molecular flexibility index (Phi) is 3.53. The van der Waals surface area contributed by atoms with E-state index in [1.54, 1.807) is 0 Å². The van der Waals surface area contributed by atoms with E-state index in [-0.39, 0.29) is 6.04 Å². The average molecular weight is 278 g/mol. The van der Waals surface area contributed by atoms with Crippen molar-refractivity contribution < 1.29 is 4.74 Å². The molecule has 1 aliphatic heterocycles. The predicted octanol–water partition coefficient (Wildman–Crippen LogP) is 3.97. The average Bonchev–Trinajstić information content (AvgIpc) is 2.94. The molecule has 0 amide bonds. The van der Waals surface area contributed by atoms with Crippen molar-refractivity contribution in [3.8, 4) is 11.8 Å². The molecule has 3 heteroatoms. The Morgan fingerprint density at radius 2 is 2.14 bits per heavy atom. The van der Waals surface area contributed by atoms with Crippen LogP contribution in [0.1, 0.15) is 35.2 Å². The second kappa shape index (κ2) is 5.49. The molecule has 0 radical (unpaired) electrons. The zero-order chi connectivity index (χ0) is 14.8. The Morgan fingerprint density at radius 3 is 2.95 bits per heavy atom.